The fraction of sp³-hybridized carbons (Fsp3) is 0.294. The molecule has 1 amide bonds. The maximum absolute atomic E-state index is 12.3. The van der Waals surface area contributed by atoms with Gasteiger partial charge in [0.25, 0.3) is 0 Å². The third-order valence-electron chi connectivity index (χ3n) is 3.91. The van der Waals surface area contributed by atoms with E-state index in [1.807, 2.05) is 30.2 Å². The normalized spacial score (nSPS) is 17.6. The minimum Gasteiger partial charge on any atom is -0.331 e. The van der Waals surface area contributed by atoms with E-state index in [2.05, 4.69) is 29.2 Å². The number of benzene rings is 1. The maximum atomic E-state index is 12.3. The van der Waals surface area contributed by atoms with Crippen molar-refractivity contribution in [1.82, 2.24) is 9.88 Å². The van der Waals surface area contributed by atoms with Crippen molar-refractivity contribution in [3.63, 3.8) is 0 Å². The first-order valence-electron chi connectivity index (χ1n) is 7.08. The summed E-state index contributed by atoms with van der Waals surface area (Å²) in [5, 5.41) is 0. The number of nitrogens with zero attached hydrogens (tertiary/aromatic N) is 2. The molecule has 0 N–H and O–H groups in total. The number of pyridine rings is 1. The molecule has 0 saturated carbocycles. The first-order chi connectivity index (χ1) is 9.81. The zero-order valence-corrected chi connectivity index (χ0v) is 11.6. The van der Waals surface area contributed by atoms with E-state index in [1.54, 1.807) is 6.20 Å². The molecule has 3 rings (SSSR count). The van der Waals surface area contributed by atoms with E-state index in [4.69, 9.17) is 0 Å². The predicted molar refractivity (Wildman–Crippen MR) is 78.2 cm³/mol. The topological polar surface area (TPSA) is 33.2 Å². The van der Waals surface area contributed by atoms with E-state index >= 15 is 0 Å². The second-order valence-electron chi connectivity index (χ2n) is 5.08. The zero-order valence-electron chi connectivity index (χ0n) is 11.6. The molecular formula is C17H18N2O. The molecule has 0 aliphatic carbocycles. The lowest BCUT2D eigenvalue weighted by molar-refractivity contribution is -0.132. The van der Waals surface area contributed by atoms with Crippen LogP contribution < -0.4 is 0 Å². The fourth-order valence-corrected chi connectivity index (χ4v) is 2.94. The lowest BCUT2D eigenvalue weighted by atomic mass is 9.88. The number of rotatable bonds is 2. The number of amides is 1. The first kappa shape index (κ1) is 12.9. The molecule has 0 spiro atoms. The molecule has 3 heteroatoms. The molecule has 0 saturated heterocycles. The van der Waals surface area contributed by atoms with Gasteiger partial charge >= 0.3 is 0 Å². The highest BCUT2D eigenvalue weighted by Crippen LogP contribution is 2.34. The van der Waals surface area contributed by atoms with Crippen LogP contribution in [-0.4, -0.2) is 22.3 Å². The van der Waals surface area contributed by atoms with Crippen LogP contribution in [0.25, 0.3) is 0 Å². The van der Waals surface area contributed by atoms with E-state index in [9.17, 15) is 4.79 Å². The smallest absolute Gasteiger partial charge is 0.223 e. The Morgan fingerprint density at radius 1 is 1.30 bits per heavy atom. The Balaban J connectivity index is 2.10. The number of fused-ring (bicyclic) bond motifs is 1. The van der Waals surface area contributed by atoms with Crippen LogP contribution in [0.15, 0.2) is 48.8 Å². The lowest BCUT2D eigenvalue weighted by Crippen LogP contribution is -2.40. The number of carbonyl (C=O) groups excluding carboxylic acids is 1. The summed E-state index contributed by atoms with van der Waals surface area (Å²) in [6, 6.07) is 12.4. The van der Waals surface area contributed by atoms with E-state index in [0.717, 1.165) is 18.5 Å². The van der Waals surface area contributed by atoms with Crippen molar-refractivity contribution in [3.8, 4) is 0 Å². The summed E-state index contributed by atoms with van der Waals surface area (Å²) in [6.07, 6.45) is 5.10. The Hall–Kier alpha value is -2.16. The molecule has 0 bridgehead atoms. The second-order valence-corrected chi connectivity index (χ2v) is 5.08. The Labute approximate surface area is 119 Å². The Morgan fingerprint density at radius 3 is 2.90 bits per heavy atom. The number of hydrogen-bond acceptors (Lipinski definition) is 2. The Bertz CT molecular complexity index is 609. The molecule has 2 heterocycles. The minimum atomic E-state index is 0.00102. The van der Waals surface area contributed by atoms with Crippen LogP contribution in [0.2, 0.25) is 0 Å². The molecule has 3 nitrogen and oxygen atoms in total. The van der Waals surface area contributed by atoms with E-state index in [0.29, 0.717) is 6.42 Å². The largest absolute Gasteiger partial charge is 0.331 e. The van der Waals surface area contributed by atoms with Gasteiger partial charge in [0.1, 0.15) is 0 Å². The van der Waals surface area contributed by atoms with Gasteiger partial charge in [0.15, 0.2) is 0 Å². The summed E-state index contributed by atoms with van der Waals surface area (Å²) in [7, 11) is 0. The summed E-state index contributed by atoms with van der Waals surface area (Å²) in [4.78, 5) is 18.5. The van der Waals surface area contributed by atoms with Crippen molar-refractivity contribution >= 4 is 5.91 Å². The molecule has 0 radical (unpaired) electrons. The first-order valence-corrected chi connectivity index (χ1v) is 7.08. The van der Waals surface area contributed by atoms with Gasteiger partial charge in [-0.1, -0.05) is 37.3 Å². The van der Waals surface area contributed by atoms with E-state index < -0.39 is 0 Å². The van der Waals surface area contributed by atoms with E-state index in [1.165, 1.54) is 11.1 Å². The summed E-state index contributed by atoms with van der Waals surface area (Å²) in [5.41, 5.74) is 3.65. The molecule has 102 valence electrons. The average molecular weight is 266 g/mol. The molecule has 1 aromatic heterocycles. The highest BCUT2D eigenvalue weighted by Gasteiger charge is 2.30. The van der Waals surface area contributed by atoms with E-state index in [-0.39, 0.29) is 11.9 Å². The van der Waals surface area contributed by atoms with Crippen molar-refractivity contribution in [3.05, 3.63) is 65.5 Å². The van der Waals surface area contributed by atoms with Crippen LogP contribution in [0.5, 0.6) is 0 Å². The van der Waals surface area contributed by atoms with Gasteiger partial charge in [0.2, 0.25) is 5.91 Å². The lowest BCUT2D eigenvalue weighted by Gasteiger charge is -2.37. The number of hydrogen-bond donors (Lipinski definition) is 0. The summed E-state index contributed by atoms with van der Waals surface area (Å²) >= 11 is 0. The van der Waals surface area contributed by atoms with Crippen LogP contribution in [0.3, 0.4) is 0 Å². The molecule has 2 aromatic rings. The van der Waals surface area contributed by atoms with Gasteiger partial charge in [0, 0.05) is 25.4 Å². The van der Waals surface area contributed by atoms with Crippen molar-refractivity contribution in [2.75, 3.05) is 6.54 Å². The number of carbonyl (C=O) groups is 1. The monoisotopic (exact) mass is 266 g/mol. The van der Waals surface area contributed by atoms with Crippen molar-refractivity contribution < 1.29 is 4.79 Å². The van der Waals surface area contributed by atoms with Crippen LogP contribution in [0, 0.1) is 0 Å². The zero-order chi connectivity index (χ0) is 13.9. The summed E-state index contributed by atoms with van der Waals surface area (Å²) in [5.74, 6) is 0.202. The Kier molecular flexibility index (Phi) is 3.50. The predicted octanol–water partition coefficient (Wildman–Crippen LogP) is 2.97. The summed E-state index contributed by atoms with van der Waals surface area (Å²) in [6.45, 7) is 2.70. The molecule has 1 atom stereocenters. The molecule has 1 aromatic carbocycles. The number of aromatic nitrogens is 1. The molecule has 0 fully saturated rings. The minimum absolute atomic E-state index is 0.00102. The molecule has 20 heavy (non-hydrogen) atoms. The van der Waals surface area contributed by atoms with Gasteiger partial charge in [-0.2, -0.15) is 0 Å². The van der Waals surface area contributed by atoms with Crippen molar-refractivity contribution in [1.29, 1.82) is 0 Å². The van der Waals surface area contributed by atoms with Gasteiger partial charge in [-0.05, 0) is 29.2 Å². The van der Waals surface area contributed by atoms with Crippen LogP contribution in [0.1, 0.15) is 36.1 Å². The SMILES string of the molecule is CCC(=O)N1CCc2ccccc2C1c1cccnc1. The maximum Gasteiger partial charge on any atom is 0.223 e. The Morgan fingerprint density at radius 2 is 2.15 bits per heavy atom. The third-order valence-corrected chi connectivity index (χ3v) is 3.91. The quantitative estimate of drug-likeness (QED) is 0.837. The molecule has 1 unspecified atom stereocenters. The highest BCUT2D eigenvalue weighted by molar-refractivity contribution is 5.77. The average Bonchev–Trinajstić information content (AvgIpc) is 2.53. The molecule has 1 aliphatic heterocycles. The van der Waals surface area contributed by atoms with Gasteiger partial charge in [-0.25, -0.2) is 0 Å². The van der Waals surface area contributed by atoms with Crippen LogP contribution in [0.4, 0.5) is 0 Å². The second kappa shape index (κ2) is 5.45. The van der Waals surface area contributed by atoms with Gasteiger partial charge in [0.05, 0.1) is 6.04 Å². The molecule has 1 aliphatic rings. The standard InChI is InChI=1S/C17H18N2O/c1-2-16(20)19-11-9-13-6-3-4-8-15(13)17(19)14-7-5-10-18-12-14/h3-8,10,12,17H,2,9,11H2,1H3. The third kappa shape index (κ3) is 2.20. The fourth-order valence-electron chi connectivity index (χ4n) is 2.94. The van der Waals surface area contributed by atoms with Crippen LogP contribution in [-0.2, 0) is 11.2 Å². The van der Waals surface area contributed by atoms with Gasteiger partial charge < -0.3 is 4.90 Å². The van der Waals surface area contributed by atoms with Gasteiger partial charge in [-0.3, -0.25) is 9.78 Å². The van der Waals surface area contributed by atoms with Crippen molar-refractivity contribution in [2.24, 2.45) is 0 Å². The highest BCUT2D eigenvalue weighted by atomic mass is 16.2. The van der Waals surface area contributed by atoms with Crippen molar-refractivity contribution in [2.45, 2.75) is 25.8 Å². The molecular weight excluding hydrogens is 248 g/mol. The van der Waals surface area contributed by atoms with Crippen LogP contribution >= 0.6 is 0 Å². The van der Waals surface area contributed by atoms with Gasteiger partial charge in [-0.15, -0.1) is 0 Å². The summed E-state index contributed by atoms with van der Waals surface area (Å²) < 4.78 is 0.